The van der Waals surface area contributed by atoms with Crippen LogP contribution in [0.5, 0.6) is 11.5 Å². The van der Waals surface area contributed by atoms with Gasteiger partial charge in [0.1, 0.15) is 30.3 Å². The van der Waals surface area contributed by atoms with E-state index in [0.29, 0.717) is 17.1 Å². The molecule has 0 aromatic heterocycles. The van der Waals surface area contributed by atoms with E-state index >= 15 is 0 Å². The summed E-state index contributed by atoms with van der Waals surface area (Å²) in [4.78, 5) is 39.1. The molecule has 1 aliphatic rings. The number of aliphatic hydroxyl groups is 1. The van der Waals surface area contributed by atoms with E-state index in [0.717, 1.165) is 0 Å². The second kappa shape index (κ2) is 14.3. The molecule has 226 valence electrons. The number of methoxy groups -OCH3 is 1. The van der Waals surface area contributed by atoms with Crippen molar-refractivity contribution >= 4 is 17.9 Å². The Morgan fingerprint density at radius 1 is 0.636 bits per heavy atom. The van der Waals surface area contributed by atoms with Crippen LogP contribution in [0.15, 0.2) is 115 Å². The van der Waals surface area contributed by atoms with Crippen LogP contribution in [0.1, 0.15) is 31.1 Å². The van der Waals surface area contributed by atoms with Crippen LogP contribution < -0.4 is 9.47 Å². The Labute approximate surface area is 253 Å². The zero-order valence-electron chi connectivity index (χ0n) is 23.7. The highest BCUT2D eigenvalue weighted by atomic mass is 16.7. The number of hydrogen-bond acceptors (Lipinski definition) is 10. The van der Waals surface area contributed by atoms with Crippen LogP contribution >= 0.6 is 0 Å². The molecule has 10 nitrogen and oxygen atoms in total. The van der Waals surface area contributed by atoms with Crippen molar-refractivity contribution < 1.29 is 47.9 Å². The number of rotatable bonds is 10. The molecular formula is C34H30O10. The largest absolute Gasteiger partial charge is 0.497 e. The number of carbonyl (C=O) groups is 3. The van der Waals surface area contributed by atoms with Gasteiger partial charge in [0.15, 0.2) is 6.10 Å². The molecule has 0 amide bonds. The Hall–Kier alpha value is -5.19. The van der Waals surface area contributed by atoms with Gasteiger partial charge in [0.2, 0.25) is 12.4 Å². The minimum atomic E-state index is -1.59. The Bertz CT molecular complexity index is 1530. The normalized spacial score (nSPS) is 21.0. The molecule has 0 bridgehead atoms. The van der Waals surface area contributed by atoms with Crippen molar-refractivity contribution in [3.63, 3.8) is 0 Å². The van der Waals surface area contributed by atoms with Gasteiger partial charge in [-0.15, -0.1) is 0 Å². The standard InChI is InChI=1S/C34H30O10/c1-39-25-17-19-26(20-18-25)41-34-30(44-33(38)24-15-9-4-10-16-24)29(43-32(37)23-13-7-3-8-14-23)28(35)27(42-34)21-40-31(36)22-11-5-2-6-12-22/h2-20,27-30,34-35H,21H2,1H3. The second-order valence-electron chi connectivity index (χ2n) is 9.76. The summed E-state index contributed by atoms with van der Waals surface area (Å²) in [5.41, 5.74) is 0.724. The van der Waals surface area contributed by atoms with Gasteiger partial charge in [-0.05, 0) is 60.7 Å². The van der Waals surface area contributed by atoms with Gasteiger partial charge in [-0.3, -0.25) is 0 Å². The summed E-state index contributed by atoms with van der Waals surface area (Å²) >= 11 is 0. The van der Waals surface area contributed by atoms with Gasteiger partial charge in [0.05, 0.1) is 23.8 Å². The van der Waals surface area contributed by atoms with E-state index in [-0.39, 0.29) is 11.1 Å². The first-order valence-electron chi connectivity index (χ1n) is 13.8. The number of aliphatic hydroxyl groups excluding tert-OH is 1. The summed E-state index contributed by atoms with van der Waals surface area (Å²) in [5, 5.41) is 11.5. The van der Waals surface area contributed by atoms with Gasteiger partial charge >= 0.3 is 17.9 Å². The molecule has 0 spiro atoms. The lowest BCUT2D eigenvalue weighted by Gasteiger charge is -2.43. The Balaban J connectivity index is 1.46. The minimum Gasteiger partial charge on any atom is -0.497 e. The van der Waals surface area contributed by atoms with Gasteiger partial charge < -0.3 is 33.5 Å². The minimum absolute atomic E-state index is 0.207. The second-order valence-corrected chi connectivity index (χ2v) is 9.76. The van der Waals surface area contributed by atoms with E-state index in [9.17, 15) is 19.5 Å². The number of hydrogen-bond donors (Lipinski definition) is 1. The summed E-state index contributed by atoms with van der Waals surface area (Å²) in [6.07, 6.45) is -7.13. The fraction of sp³-hybridized carbons (Fsp3) is 0.206. The predicted octanol–water partition coefficient (Wildman–Crippen LogP) is 4.47. The molecule has 5 rings (SSSR count). The molecule has 1 aliphatic heterocycles. The smallest absolute Gasteiger partial charge is 0.338 e. The van der Waals surface area contributed by atoms with Crippen molar-refractivity contribution in [1.29, 1.82) is 0 Å². The predicted molar refractivity (Wildman–Crippen MR) is 156 cm³/mol. The maximum absolute atomic E-state index is 13.2. The lowest BCUT2D eigenvalue weighted by molar-refractivity contribution is -0.276. The molecule has 0 saturated carbocycles. The maximum Gasteiger partial charge on any atom is 0.338 e. The number of benzene rings is 4. The Morgan fingerprint density at radius 2 is 1.09 bits per heavy atom. The molecule has 5 unspecified atom stereocenters. The third-order valence-corrected chi connectivity index (χ3v) is 6.82. The molecule has 44 heavy (non-hydrogen) atoms. The van der Waals surface area contributed by atoms with E-state index in [1.54, 1.807) is 115 Å². The maximum atomic E-state index is 13.2. The Morgan fingerprint density at radius 3 is 1.59 bits per heavy atom. The molecule has 0 radical (unpaired) electrons. The fourth-order valence-corrected chi connectivity index (χ4v) is 4.52. The lowest BCUT2D eigenvalue weighted by atomic mass is 9.98. The van der Waals surface area contributed by atoms with E-state index in [2.05, 4.69) is 0 Å². The highest BCUT2D eigenvalue weighted by Gasteiger charge is 2.51. The van der Waals surface area contributed by atoms with Gasteiger partial charge in [-0.25, -0.2) is 14.4 Å². The first-order chi connectivity index (χ1) is 21.4. The monoisotopic (exact) mass is 598 g/mol. The molecule has 1 saturated heterocycles. The molecule has 5 atom stereocenters. The number of ether oxygens (including phenoxy) is 6. The molecule has 1 fully saturated rings. The summed E-state index contributed by atoms with van der Waals surface area (Å²) in [6, 6.07) is 31.2. The lowest BCUT2D eigenvalue weighted by Crippen LogP contribution is -2.62. The molecule has 4 aromatic carbocycles. The summed E-state index contributed by atoms with van der Waals surface area (Å²) in [5.74, 6) is -1.31. The van der Waals surface area contributed by atoms with Gasteiger partial charge in [-0.1, -0.05) is 54.6 Å². The zero-order valence-corrected chi connectivity index (χ0v) is 23.7. The SMILES string of the molecule is COc1ccc(OC2OC(COC(=O)c3ccccc3)C(O)C(OC(=O)c3ccccc3)C2OC(=O)c2ccccc2)cc1. The van der Waals surface area contributed by atoms with Crippen LogP contribution in [0.4, 0.5) is 0 Å². The summed E-state index contributed by atoms with van der Waals surface area (Å²) < 4.78 is 34.4. The third-order valence-electron chi connectivity index (χ3n) is 6.82. The van der Waals surface area contributed by atoms with Gasteiger partial charge in [0, 0.05) is 0 Å². The highest BCUT2D eigenvalue weighted by Crippen LogP contribution is 2.31. The molecule has 1 heterocycles. The molecule has 10 heteroatoms. The van der Waals surface area contributed by atoms with Crippen LogP contribution in [0.3, 0.4) is 0 Å². The van der Waals surface area contributed by atoms with Gasteiger partial charge in [-0.2, -0.15) is 0 Å². The average Bonchev–Trinajstić information content (AvgIpc) is 3.08. The first kappa shape index (κ1) is 30.3. The first-order valence-corrected chi connectivity index (χ1v) is 13.8. The Kier molecular flexibility index (Phi) is 9.85. The topological polar surface area (TPSA) is 127 Å². The third kappa shape index (κ3) is 7.41. The molecular weight excluding hydrogens is 568 g/mol. The van der Waals surface area contributed by atoms with Crippen molar-refractivity contribution in [2.24, 2.45) is 0 Å². The molecule has 4 aromatic rings. The van der Waals surface area contributed by atoms with Crippen molar-refractivity contribution in [1.82, 2.24) is 0 Å². The van der Waals surface area contributed by atoms with Gasteiger partial charge in [0.25, 0.3) is 0 Å². The van der Waals surface area contributed by atoms with E-state index in [4.69, 9.17) is 28.4 Å². The van der Waals surface area contributed by atoms with Crippen LogP contribution in [0.25, 0.3) is 0 Å². The zero-order chi connectivity index (χ0) is 30.9. The summed E-state index contributed by atoms with van der Waals surface area (Å²) in [7, 11) is 1.52. The van der Waals surface area contributed by atoms with Crippen LogP contribution in [0.2, 0.25) is 0 Å². The van der Waals surface area contributed by atoms with Crippen LogP contribution in [0, 0.1) is 0 Å². The van der Waals surface area contributed by atoms with Crippen molar-refractivity contribution in [3.8, 4) is 11.5 Å². The summed E-state index contributed by atoms with van der Waals surface area (Å²) in [6.45, 7) is -0.421. The van der Waals surface area contributed by atoms with Crippen LogP contribution in [-0.2, 0) is 18.9 Å². The van der Waals surface area contributed by atoms with Crippen molar-refractivity contribution in [3.05, 3.63) is 132 Å². The van der Waals surface area contributed by atoms with Crippen LogP contribution in [-0.4, -0.2) is 67.4 Å². The van der Waals surface area contributed by atoms with E-state index in [1.165, 1.54) is 7.11 Å². The van der Waals surface area contributed by atoms with Crippen molar-refractivity contribution in [2.45, 2.75) is 30.7 Å². The molecule has 1 N–H and O–H groups in total. The quantitative estimate of drug-likeness (QED) is 0.206. The number of esters is 3. The van der Waals surface area contributed by atoms with Crippen molar-refractivity contribution in [2.75, 3.05) is 13.7 Å². The number of carbonyl (C=O) groups excluding carboxylic acids is 3. The van der Waals surface area contributed by atoms with E-state index in [1.807, 2.05) is 0 Å². The van der Waals surface area contributed by atoms with E-state index < -0.39 is 55.2 Å². The average molecular weight is 599 g/mol. The molecule has 0 aliphatic carbocycles. The fourth-order valence-electron chi connectivity index (χ4n) is 4.52. The highest BCUT2D eigenvalue weighted by molar-refractivity contribution is 5.90.